The zero-order valence-electron chi connectivity index (χ0n) is 15.7. The molecule has 4 rings (SSSR count). The van der Waals surface area contributed by atoms with Crippen LogP contribution < -0.4 is 9.80 Å². The number of hydrogen-bond acceptors (Lipinski definition) is 4. The maximum absolute atomic E-state index is 12.8. The Labute approximate surface area is 160 Å². The molecule has 0 aromatic heterocycles. The topological polar surface area (TPSA) is 54.3 Å². The molecule has 6 heteroatoms. The Morgan fingerprint density at radius 3 is 2.44 bits per heavy atom. The van der Waals surface area contributed by atoms with Gasteiger partial charge in [0.1, 0.15) is 18.8 Å². The first-order valence-electron chi connectivity index (χ1n) is 10.0. The Morgan fingerprint density at radius 2 is 1.74 bits per heavy atom. The van der Waals surface area contributed by atoms with E-state index in [2.05, 4.69) is 4.90 Å². The van der Waals surface area contributed by atoms with E-state index >= 15 is 0 Å². The second-order valence-electron chi connectivity index (χ2n) is 7.68. The second kappa shape index (κ2) is 8.23. The van der Waals surface area contributed by atoms with E-state index in [1.165, 1.54) is 23.9 Å². The van der Waals surface area contributed by atoms with Gasteiger partial charge in [-0.3, -0.25) is 9.59 Å². The Kier molecular flexibility index (Phi) is 5.55. The van der Waals surface area contributed by atoms with Crippen molar-refractivity contribution in [1.82, 2.24) is 4.90 Å². The van der Waals surface area contributed by atoms with Crippen LogP contribution in [0.4, 0.5) is 5.69 Å². The predicted octanol–water partition coefficient (Wildman–Crippen LogP) is 0.461. The van der Waals surface area contributed by atoms with E-state index < -0.39 is 0 Å². The lowest BCUT2D eigenvalue weighted by molar-refractivity contribution is -0.908. The Hall–Kier alpha value is -2.18. The average Bonchev–Trinajstić information content (AvgIpc) is 3.02. The normalized spacial score (nSPS) is 22.4. The van der Waals surface area contributed by atoms with E-state index in [-0.39, 0.29) is 11.8 Å². The molecule has 1 aromatic rings. The summed E-state index contributed by atoms with van der Waals surface area (Å²) in [5, 5.41) is 0. The molecule has 0 radical (unpaired) electrons. The molecule has 2 amide bonds. The molecular weight excluding hydrogens is 342 g/mol. The van der Waals surface area contributed by atoms with Crippen LogP contribution in [0.5, 0.6) is 0 Å². The number of morpholine rings is 1. The van der Waals surface area contributed by atoms with Crippen molar-refractivity contribution in [3.05, 3.63) is 42.1 Å². The summed E-state index contributed by atoms with van der Waals surface area (Å²) in [6.07, 6.45) is 4.93. The molecule has 144 valence electrons. The lowest BCUT2D eigenvalue weighted by Gasteiger charge is -2.34. The molecule has 3 aliphatic heterocycles. The number of nitrogens with zero attached hydrogens (tertiary/aromatic N) is 2. The number of carbonyl (C=O) groups excluding carboxylic acids is 2. The highest BCUT2D eigenvalue weighted by atomic mass is 16.5. The van der Waals surface area contributed by atoms with Gasteiger partial charge in [-0.1, -0.05) is 18.2 Å². The molecule has 0 bridgehead atoms. The van der Waals surface area contributed by atoms with E-state index in [1.807, 2.05) is 18.2 Å². The number of rotatable bonds is 5. The fourth-order valence-electron chi connectivity index (χ4n) is 4.29. The number of imide groups is 1. The van der Waals surface area contributed by atoms with E-state index in [1.54, 1.807) is 17.0 Å². The molecule has 0 unspecified atom stereocenters. The number of carbonyl (C=O) groups is 2. The molecule has 0 atom stereocenters. The number of benzene rings is 1. The molecule has 0 spiro atoms. The first kappa shape index (κ1) is 18.2. The summed E-state index contributed by atoms with van der Waals surface area (Å²) in [5.41, 5.74) is 1.20. The van der Waals surface area contributed by atoms with Crippen LogP contribution in [0.3, 0.4) is 0 Å². The third-order valence-electron chi connectivity index (χ3n) is 5.98. The summed E-state index contributed by atoms with van der Waals surface area (Å²) in [6, 6.07) is 9.16. The molecule has 2 fully saturated rings. The third kappa shape index (κ3) is 4.06. The van der Waals surface area contributed by atoms with E-state index in [0.717, 1.165) is 58.2 Å². The van der Waals surface area contributed by atoms with E-state index in [4.69, 9.17) is 4.74 Å². The summed E-state index contributed by atoms with van der Waals surface area (Å²) in [7, 11) is 0. The van der Waals surface area contributed by atoms with Crippen LogP contribution in [0.2, 0.25) is 0 Å². The van der Waals surface area contributed by atoms with Crippen molar-refractivity contribution in [3.8, 4) is 0 Å². The second-order valence-corrected chi connectivity index (χ2v) is 7.68. The van der Waals surface area contributed by atoms with Gasteiger partial charge in [0.05, 0.1) is 25.4 Å². The first-order chi connectivity index (χ1) is 13.2. The Bertz CT molecular complexity index is 705. The minimum Gasteiger partial charge on any atom is -0.370 e. The standard InChI is InChI=1S/C21H27N3O3/c25-20-16-19(21(26)24(20)18-4-2-1-3-5-18)23-10-7-17(8-11-23)6-9-22-12-14-27-15-13-22/h1-5,16-17H,6-15H2/p+1. The summed E-state index contributed by atoms with van der Waals surface area (Å²) in [6.45, 7) is 6.95. The number of anilines is 1. The number of likely N-dealkylation sites (tertiary alicyclic amines) is 1. The van der Waals surface area contributed by atoms with Crippen LogP contribution in [-0.4, -0.2) is 62.7 Å². The third-order valence-corrected chi connectivity index (χ3v) is 5.98. The number of hydrogen-bond donors (Lipinski definition) is 1. The number of para-hydroxylation sites is 1. The molecule has 2 saturated heterocycles. The van der Waals surface area contributed by atoms with Crippen molar-refractivity contribution in [2.45, 2.75) is 19.3 Å². The van der Waals surface area contributed by atoms with E-state index in [0.29, 0.717) is 11.4 Å². The summed E-state index contributed by atoms with van der Waals surface area (Å²) < 4.78 is 5.42. The van der Waals surface area contributed by atoms with Gasteiger partial charge >= 0.3 is 0 Å². The van der Waals surface area contributed by atoms with Gasteiger partial charge in [-0.15, -0.1) is 0 Å². The quantitative estimate of drug-likeness (QED) is 0.766. The maximum Gasteiger partial charge on any atom is 0.281 e. The molecule has 0 aliphatic carbocycles. The zero-order valence-corrected chi connectivity index (χ0v) is 15.7. The number of piperidine rings is 1. The van der Waals surface area contributed by atoms with Gasteiger partial charge in [-0.25, -0.2) is 4.90 Å². The highest BCUT2D eigenvalue weighted by molar-refractivity contribution is 6.30. The van der Waals surface area contributed by atoms with Gasteiger partial charge < -0.3 is 14.5 Å². The summed E-state index contributed by atoms with van der Waals surface area (Å²) >= 11 is 0. The number of nitrogens with one attached hydrogen (secondary N) is 1. The molecule has 6 nitrogen and oxygen atoms in total. The van der Waals surface area contributed by atoms with Crippen LogP contribution >= 0.6 is 0 Å². The minimum absolute atomic E-state index is 0.192. The highest BCUT2D eigenvalue weighted by Crippen LogP contribution is 2.28. The Balaban J connectivity index is 1.30. The molecule has 3 aliphatic rings. The van der Waals surface area contributed by atoms with Crippen molar-refractivity contribution >= 4 is 17.5 Å². The van der Waals surface area contributed by atoms with Gasteiger partial charge in [0.15, 0.2) is 0 Å². The van der Waals surface area contributed by atoms with Gasteiger partial charge in [0.2, 0.25) is 0 Å². The fourth-order valence-corrected chi connectivity index (χ4v) is 4.29. The zero-order chi connectivity index (χ0) is 18.6. The van der Waals surface area contributed by atoms with Crippen molar-refractivity contribution in [3.63, 3.8) is 0 Å². The van der Waals surface area contributed by atoms with Crippen LogP contribution in [0.25, 0.3) is 0 Å². The molecule has 27 heavy (non-hydrogen) atoms. The van der Waals surface area contributed by atoms with Gasteiger partial charge in [-0.05, 0) is 37.3 Å². The highest BCUT2D eigenvalue weighted by Gasteiger charge is 2.36. The molecule has 0 saturated carbocycles. The average molecular weight is 370 g/mol. The first-order valence-corrected chi connectivity index (χ1v) is 10.0. The molecule has 3 heterocycles. The number of quaternary nitrogens is 1. The van der Waals surface area contributed by atoms with Crippen LogP contribution in [0, 0.1) is 5.92 Å². The van der Waals surface area contributed by atoms with Crippen molar-refractivity contribution < 1.29 is 19.2 Å². The van der Waals surface area contributed by atoms with Crippen molar-refractivity contribution in [2.75, 3.05) is 50.8 Å². The van der Waals surface area contributed by atoms with E-state index in [9.17, 15) is 9.59 Å². The molecule has 1 N–H and O–H groups in total. The Morgan fingerprint density at radius 1 is 1.04 bits per heavy atom. The summed E-state index contributed by atoms with van der Waals surface area (Å²) in [4.78, 5) is 30.2. The number of amides is 2. The van der Waals surface area contributed by atoms with Crippen LogP contribution in [0.1, 0.15) is 19.3 Å². The van der Waals surface area contributed by atoms with Gasteiger partial charge in [-0.2, -0.15) is 0 Å². The monoisotopic (exact) mass is 370 g/mol. The minimum atomic E-state index is -0.237. The largest absolute Gasteiger partial charge is 0.370 e. The van der Waals surface area contributed by atoms with Gasteiger partial charge in [0, 0.05) is 19.2 Å². The molecular formula is C21H28N3O3+. The predicted molar refractivity (Wildman–Crippen MR) is 102 cm³/mol. The number of ether oxygens (including phenoxy) is 1. The van der Waals surface area contributed by atoms with Crippen LogP contribution in [0.15, 0.2) is 42.1 Å². The lowest BCUT2D eigenvalue weighted by Crippen LogP contribution is -3.14. The van der Waals surface area contributed by atoms with Crippen LogP contribution in [-0.2, 0) is 14.3 Å². The fraction of sp³-hybridized carbons (Fsp3) is 0.524. The SMILES string of the molecule is O=C1C=C(N2CCC(CC[NH+]3CCOCC3)CC2)C(=O)N1c1ccccc1. The van der Waals surface area contributed by atoms with Gasteiger partial charge in [0.25, 0.3) is 11.8 Å². The molecule has 1 aromatic carbocycles. The smallest absolute Gasteiger partial charge is 0.281 e. The van der Waals surface area contributed by atoms with Crippen molar-refractivity contribution in [2.24, 2.45) is 5.92 Å². The summed E-state index contributed by atoms with van der Waals surface area (Å²) in [5.74, 6) is 0.288. The lowest BCUT2D eigenvalue weighted by atomic mass is 9.93. The van der Waals surface area contributed by atoms with Crippen molar-refractivity contribution in [1.29, 1.82) is 0 Å². The maximum atomic E-state index is 12.8.